The van der Waals surface area contributed by atoms with Crippen LogP contribution in [0.3, 0.4) is 0 Å². The molecule has 0 saturated carbocycles. The topological polar surface area (TPSA) is 67.0 Å². The zero-order valence-corrected chi connectivity index (χ0v) is 9.99. The number of aromatic amines is 1. The zero-order valence-electron chi connectivity index (χ0n) is 9.99. The van der Waals surface area contributed by atoms with Crippen LogP contribution in [-0.4, -0.2) is 23.3 Å². The molecule has 1 aromatic carbocycles. The Morgan fingerprint density at radius 2 is 1.94 bits per heavy atom. The number of aromatic nitrogens is 1. The van der Waals surface area contributed by atoms with E-state index in [1.165, 1.54) is 32.2 Å². The van der Waals surface area contributed by atoms with E-state index in [2.05, 4.69) is 4.98 Å². The molecule has 94 valence electrons. The lowest BCUT2D eigenvalue weighted by atomic mass is 10.1. The Kier molecular flexibility index (Phi) is 4.48. The molecule has 0 amide bonds. The summed E-state index contributed by atoms with van der Waals surface area (Å²) < 4.78 is 13.5. The van der Waals surface area contributed by atoms with Crippen LogP contribution >= 0.6 is 0 Å². The van der Waals surface area contributed by atoms with Crippen molar-refractivity contribution in [2.45, 2.75) is 13.8 Å². The lowest BCUT2D eigenvalue weighted by Crippen LogP contribution is -1.92. The second kappa shape index (κ2) is 5.86. The highest BCUT2D eigenvalue weighted by Gasteiger charge is 2.14. The highest BCUT2D eigenvalue weighted by molar-refractivity contribution is 6.10. The summed E-state index contributed by atoms with van der Waals surface area (Å²) in [5.74, 6) is -0.731. The monoisotopic (exact) mass is 249 g/mol. The Morgan fingerprint density at radius 3 is 2.44 bits per heavy atom. The molecule has 0 aliphatic carbocycles. The van der Waals surface area contributed by atoms with Gasteiger partial charge in [-0.3, -0.25) is 9.59 Å². The van der Waals surface area contributed by atoms with Gasteiger partial charge in [-0.2, -0.15) is 0 Å². The highest BCUT2D eigenvalue weighted by Crippen LogP contribution is 2.24. The number of benzene rings is 1. The van der Waals surface area contributed by atoms with Gasteiger partial charge in [0.2, 0.25) is 0 Å². The first-order valence-corrected chi connectivity index (χ1v) is 5.22. The van der Waals surface area contributed by atoms with Crippen LogP contribution < -0.4 is 0 Å². The summed E-state index contributed by atoms with van der Waals surface area (Å²) in [5, 5.41) is 0.187. The summed E-state index contributed by atoms with van der Waals surface area (Å²) in [6.45, 7) is 2.80. The molecule has 0 aliphatic heterocycles. The second-order valence-electron chi connectivity index (χ2n) is 3.50. The third-order valence-electron chi connectivity index (χ3n) is 2.32. The van der Waals surface area contributed by atoms with Gasteiger partial charge in [0.1, 0.15) is 12.1 Å². The molecular weight excluding hydrogens is 237 g/mol. The standard InChI is InChI=1S/C11H8FNO2.C2H4O/c1-6(15)8-4-13-11-7(5-14)2-3-9(12)10(8)11;1-2-3/h2-5,13H,1H3;2H,1H3. The highest BCUT2D eigenvalue weighted by atomic mass is 19.1. The van der Waals surface area contributed by atoms with Gasteiger partial charge in [-0.25, -0.2) is 4.39 Å². The van der Waals surface area contributed by atoms with Crippen molar-refractivity contribution < 1.29 is 18.8 Å². The number of aldehydes is 2. The third-order valence-corrected chi connectivity index (χ3v) is 2.32. The number of ketones is 1. The van der Waals surface area contributed by atoms with Crippen molar-refractivity contribution in [2.75, 3.05) is 0 Å². The van der Waals surface area contributed by atoms with E-state index in [1.807, 2.05) is 0 Å². The van der Waals surface area contributed by atoms with Crippen LogP contribution in [0.25, 0.3) is 10.9 Å². The summed E-state index contributed by atoms with van der Waals surface area (Å²) in [7, 11) is 0. The van der Waals surface area contributed by atoms with Crippen LogP contribution in [-0.2, 0) is 4.79 Å². The number of H-pyrrole nitrogens is 1. The van der Waals surface area contributed by atoms with Crippen LogP contribution in [0.5, 0.6) is 0 Å². The van der Waals surface area contributed by atoms with Crippen molar-refractivity contribution in [1.82, 2.24) is 4.98 Å². The van der Waals surface area contributed by atoms with E-state index in [-0.39, 0.29) is 16.7 Å². The number of rotatable bonds is 2. The van der Waals surface area contributed by atoms with E-state index in [0.29, 0.717) is 17.4 Å². The minimum Gasteiger partial charge on any atom is -0.360 e. The summed E-state index contributed by atoms with van der Waals surface area (Å²) in [5.41, 5.74) is 0.986. The smallest absolute Gasteiger partial charge is 0.162 e. The molecule has 4 nitrogen and oxygen atoms in total. The lowest BCUT2D eigenvalue weighted by molar-refractivity contribution is -0.106. The molecule has 0 spiro atoms. The predicted molar refractivity (Wildman–Crippen MR) is 65.4 cm³/mol. The number of hydrogen-bond acceptors (Lipinski definition) is 3. The zero-order chi connectivity index (χ0) is 13.7. The molecule has 0 bridgehead atoms. The van der Waals surface area contributed by atoms with Gasteiger partial charge in [-0.15, -0.1) is 0 Å². The van der Waals surface area contributed by atoms with Gasteiger partial charge >= 0.3 is 0 Å². The molecule has 1 aromatic heterocycles. The Bertz CT molecular complexity index is 602. The first-order chi connectivity index (χ1) is 8.56. The number of fused-ring (bicyclic) bond motifs is 1. The molecule has 1 heterocycles. The van der Waals surface area contributed by atoms with Crippen molar-refractivity contribution in [3.05, 3.63) is 35.3 Å². The van der Waals surface area contributed by atoms with Crippen LogP contribution in [0.2, 0.25) is 0 Å². The van der Waals surface area contributed by atoms with Crippen molar-refractivity contribution in [1.29, 1.82) is 0 Å². The first kappa shape index (κ1) is 13.8. The maximum atomic E-state index is 13.5. The molecular formula is C13H12FNO3. The van der Waals surface area contributed by atoms with Crippen molar-refractivity contribution >= 4 is 29.3 Å². The SMILES string of the molecule is CC(=O)c1c[nH]c2c(C=O)ccc(F)c12.CC=O. The third kappa shape index (κ3) is 2.51. The van der Waals surface area contributed by atoms with Crippen molar-refractivity contribution in [2.24, 2.45) is 0 Å². The summed E-state index contributed by atoms with van der Waals surface area (Å²) in [6.07, 6.45) is 2.80. The van der Waals surface area contributed by atoms with E-state index in [1.54, 1.807) is 0 Å². The number of halogens is 1. The van der Waals surface area contributed by atoms with E-state index in [4.69, 9.17) is 4.79 Å². The van der Waals surface area contributed by atoms with Crippen molar-refractivity contribution in [3.8, 4) is 0 Å². The van der Waals surface area contributed by atoms with Crippen LogP contribution in [0.1, 0.15) is 34.6 Å². The molecule has 0 atom stereocenters. The van der Waals surface area contributed by atoms with Gasteiger partial charge in [0, 0.05) is 22.7 Å². The predicted octanol–water partition coefficient (Wildman–Crippen LogP) is 2.53. The van der Waals surface area contributed by atoms with Crippen LogP contribution in [0.4, 0.5) is 4.39 Å². The number of carbonyl (C=O) groups is 3. The summed E-state index contributed by atoms with van der Waals surface area (Å²) in [6, 6.07) is 2.57. The molecule has 0 saturated heterocycles. The number of carbonyl (C=O) groups excluding carboxylic acids is 3. The van der Waals surface area contributed by atoms with Gasteiger partial charge in [-0.1, -0.05) is 0 Å². The first-order valence-electron chi connectivity index (χ1n) is 5.22. The van der Waals surface area contributed by atoms with Gasteiger partial charge in [0.25, 0.3) is 0 Å². The molecule has 2 rings (SSSR count). The largest absolute Gasteiger partial charge is 0.360 e. The normalized spacial score (nSPS) is 9.50. The quantitative estimate of drug-likeness (QED) is 0.657. The molecule has 0 radical (unpaired) electrons. The number of nitrogens with one attached hydrogen (secondary N) is 1. The minimum atomic E-state index is -0.498. The van der Waals surface area contributed by atoms with Gasteiger partial charge in [0.05, 0.1) is 5.52 Å². The van der Waals surface area contributed by atoms with Crippen molar-refractivity contribution in [3.63, 3.8) is 0 Å². The molecule has 0 aliphatic rings. The molecule has 18 heavy (non-hydrogen) atoms. The molecule has 1 N–H and O–H groups in total. The van der Waals surface area contributed by atoms with Crippen LogP contribution in [0.15, 0.2) is 18.3 Å². The average molecular weight is 249 g/mol. The average Bonchev–Trinajstić information content (AvgIpc) is 2.76. The Morgan fingerprint density at radius 1 is 1.33 bits per heavy atom. The summed E-state index contributed by atoms with van der Waals surface area (Å²) in [4.78, 5) is 33.4. The van der Waals surface area contributed by atoms with E-state index in [0.717, 1.165) is 6.29 Å². The second-order valence-corrected chi connectivity index (χ2v) is 3.50. The van der Waals surface area contributed by atoms with E-state index < -0.39 is 5.82 Å². The minimum absolute atomic E-state index is 0.187. The number of hydrogen-bond donors (Lipinski definition) is 1. The molecule has 5 heteroatoms. The molecule has 2 aromatic rings. The Balaban J connectivity index is 0.000000492. The van der Waals surface area contributed by atoms with E-state index in [9.17, 15) is 14.0 Å². The molecule has 0 fully saturated rings. The lowest BCUT2D eigenvalue weighted by Gasteiger charge is -1.97. The summed E-state index contributed by atoms with van der Waals surface area (Å²) >= 11 is 0. The fourth-order valence-electron chi connectivity index (χ4n) is 1.60. The fraction of sp³-hybridized carbons (Fsp3) is 0.154. The van der Waals surface area contributed by atoms with Gasteiger partial charge in [-0.05, 0) is 26.0 Å². The maximum absolute atomic E-state index is 13.5. The van der Waals surface area contributed by atoms with E-state index >= 15 is 0 Å². The number of Topliss-reactive ketones (excluding diaryl/α,β-unsaturated/α-hetero) is 1. The van der Waals surface area contributed by atoms with Gasteiger partial charge < -0.3 is 9.78 Å². The Hall–Kier alpha value is -2.30. The molecule has 0 unspecified atom stereocenters. The Labute approximate surface area is 103 Å². The van der Waals surface area contributed by atoms with Crippen LogP contribution in [0, 0.1) is 5.82 Å². The fourth-order valence-corrected chi connectivity index (χ4v) is 1.60. The van der Waals surface area contributed by atoms with Gasteiger partial charge in [0.15, 0.2) is 12.1 Å². The maximum Gasteiger partial charge on any atom is 0.162 e.